The molecule has 1 aromatic carbocycles. The summed E-state index contributed by atoms with van der Waals surface area (Å²) in [6.45, 7) is 2.80. The van der Waals surface area contributed by atoms with Crippen molar-refractivity contribution >= 4 is 27.7 Å². The standard InChI is InChI=1S/C13H15BrFN3S/c1-2-18-13(11(14)7-17-18)12(16)8-19-10-5-3-4-9(15)6-10/h3-7,12H,2,8,16H2,1H3. The van der Waals surface area contributed by atoms with E-state index >= 15 is 0 Å². The van der Waals surface area contributed by atoms with E-state index in [0.717, 1.165) is 21.6 Å². The molecular weight excluding hydrogens is 329 g/mol. The molecule has 0 aliphatic carbocycles. The highest BCUT2D eigenvalue weighted by Crippen LogP contribution is 2.27. The molecule has 102 valence electrons. The Morgan fingerprint density at radius 2 is 2.32 bits per heavy atom. The van der Waals surface area contributed by atoms with Gasteiger partial charge >= 0.3 is 0 Å². The average molecular weight is 344 g/mol. The number of rotatable bonds is 5. The van der Waals surface area contributed by atoms with Gasteiger partial charge in [-0.2, -0.15) is 5.10 Å². The third-order valence-electron chi connectivity index (χ3n) is 2.71. The number of nitrogens with two attached hydrogens (primary N) is 1. The van der Waals surface area contributed by atoms with Crippen molar-refractivity contribution in [1.82, 2.24) is 9.78 Å². The molecular formula is C13H15BrFN3S. The highest BCUT2D eigenvalue weighted by Gasteiger charge is 2.16. The molecule has 6 heteroatoms. The van der Waals surface area contributed by atoms with E-state index in [-0.39, 0.29) is 11.9 Å². The molecule has 1 heterocycles. The van der Waals surface area contributed by atoms with Crippen LogP contribution in [0.3, 0.4) is 0 Å². The van der Waals surface area contributed by atoms with Gasteiger partial charge in [-0.3, -0.25) is 4.68 Å². The molecule has 1 aromatic heterocycles. The molecule has 0 saturated heterocycles. The maximum Gasteiger partial charge on any atom is 0.124 e. The monoisotopic (exact) mass is 343 g/mol. The van der Waals surface area contributed by atoms with Gasteiger partial charge in [0.1, 0.15) is 5.82 Å². The van der Waals surface area contributed by atoms with E-state index in [1.54, 1.807) is 24.0 Å². The van der Waals surface area contributed by atoms with E-state index in [1.165, 1.54) is 12.1 Å². The topological polar surface area (TPSA) is 43.8 Å². The molecule has 19 heavy (non-hydrogen) atoms. The SMILES string of the molecule is CCn1ncc(Br)c1C(N)CSc1cccc(F)c1. The zero-order valence-corrected chi connectivity index (χ0v) is 12.9. The normalized spacial score (nSPS) is 12.6. The zero-order valence-electron chi connectivity index (χ0n) is 10.5. The predicted octanol–water partition coefficient (Wildman–Crippen LogP) is 3.60. The number of aryl methyl sites for hydroxylation is 1. The summed E-state index contributed by atoms with van der Waals surface area (Å²) < 4.78 is 15.9. The van der Waals surface area contributed by atoms with E-state index in [0.29, 0.717) is 5.75 Å². The number of benzene rings is 1. The summed E-state index contributed by atoms with van der Waals surface area (Å²) in [7, 11) is 0. The second-order valence-corrected chi connectivity index (χ2v) is 6.02. The van der Waals surface area contributed by atoms with E-state index in [1.807, 2.05) is 17.7 Å². The van der Waals surface area contributed by atoms with Crippen LogP contribution in [-0.2, 0) is 6.54 Å². The van der Waals surface area contributed by atoms with E-state index in [4.69, 9.17) is 5.73 Å². The lowest BCUT2D eigenvalue weighted by Crippen LogP contribution is -2.18. The first kappa shape index (κ1) is 14.6. The number of aromatic nitrogens is 2. The maximum absolute atomic E-state index is 13.1. The van der Waals surface area contributed by atoms with Crippen molar-refractivity contribution < 1.29 is 4.39 Å². The van der Waals surface area contributed by atoms with Crippen molar-refractivity contribution in [2.75, 3.05) is 5.75 Å². The van der Waals surface area contributed by atoms with Gasteiger partial charge < -0.3 is 5.73 Å². The van der Waals surface area contributed by atoms with Gasteiger partial charge in [-0.15, -0.1) is 11.8 Å². The lowest BCUT2D eigenvalue weighted by Gasteiger charge is -2.14. The lowest BCUT2D eigenvalue weighted by molar-refractivity contribution is 0.591. The minimum Gasteiger partial charge on any atom is -0.322 e. The summed E-state index contributed by atoms with van der Waals surface area (Å²) in [6, 6.07) is 6.39. The van der Waals surface area contributed by atoms with E-state index < -0.39 is 0 Å². The van der Waals surface area contributed by atoms with Gasteiger partial charge in [0.15, 0.2) is 0 Å². The highest BCUT2D eigenvalue weighted by molar-refractivity contribution is 9.10. The van der Waals surface area contributed by atoms with Crippen molar-refractivity contribution in [3.63, 3.8) is 0 Å². The number of halogens is 2. The largest absolute Gasteiger partial charge is 0.322 e. The van der Waals surface area contributed by atoms with Crippen LogP contribution in [0.2, 0.25) is 0 Å². The predicted molar refractivity (Wildman–Crippen MR) is 79.7 cm³/mol. The Hall–Kier alpha value is -0.850. The summed E-state index contributed by atoms with van der Waals surface area (Å²) >= 11 is 5.01. The first-order valence-corrected chi connectivity index (χ1v) is 7.74. The molecule has 1 atom stereocenters. The average Bonchev–Trinajstić information content (AvgIpc) is 2.77. The Morgan fingerprint density at radius 3 is 3.00 bits per heavy atom. The summed E-state index contributed by atoms with van der Waals surface area (Å²) in [4.78, 5) is 0.883. The quantitative estimate of drug-likeness (QED) is 0.843. The second-order valence-electron chi connectivity index (χ2n) is 4.07. The fraction of sp³-hybridized carbons (Fsp3) is 0.308. The number of hydrogen-bond acceptors (Lipinski definition) is 3. The molecule has 1 unspecified atom stereocenters. The summed E-state index contributed by atoms with van der Waals surface area (Å²) in [5.74, 6) is 0.451. The minimum atomic E-state index is -0.224. The molecule has 0 saturated carbocycles. The van der Waals surface area contributed by atoms with Crippen molar-refractivity contribution in [2.45, 2.75) is 24.4 Å². The first-order chi connectivity index (χ1) is 9.11. The summed E-state index contributed by atoms with van der Waals surface area (Å²) in [6.07, 6.45) is 1.76. The van der Waals surface area contributed by atoms with Crippen LogP contribution in [0.4, 0.5) is 4.39 Å². The molecule has 0 radical (unpaired) electrons. The maximum atomic E-state index is 13.1. The molecule has 3 nitrogen and oxygen atoms in total. The third-order valence-corrected chi connectivity index (χ3v) is 4.43. The van der Waals surface area contributed by atoms with Gasteiger partial charge in [-0.1, -0.05) is 6.07 Å². The molecule has 2 rings (SSSR count). The van der Waals surface area contributed by atoms with Crippen LogP contribution in [0.1, 0.15) is 18.7 Å². The Morgan fingerprint density at radius 1 is 1.53 bits per heavy atom. The van der Waals surface area contributed by atoms with Gasteiger partial charge in [0.25, 0.3) is 0 Å². The number of thioether (sulfide) groups is 1. The summed E-state index contributed by atoms with van der Waals surface area (Å²) in [5.41, 5.74) is 7.18. The van der Waals surface area contributed by atoms with Gasteiger partial charge in [0.05, 0.1) is 22.4 Å². The Balaban J connectivity index is 2.05. The Labute approximate surface area is 124 Å². The molecule has 0 fully saturated rings. The third kappa shape index (κ3) is 3.58. The smallest absolute Gasteiger partial charge is 0.124 e. The van der Waals surface area contributed by atoms with Crippen LogP contribution in [-0.4, -0.2) is 15.5 Å². The minimum absolute atomic E-state index is 0.148. The molecule has 2 N–H and O–H groups in total. The van der Waals surface area contributed by atoms with Crippen LogP contribution >= 0.6 is 27.7 Å². The fourth-order valence-electron chi connectivity index (χ4n) is 1.81. The van der Waals surface area contributed by atoms with Gasteiger partial charge in [0, 0.05) is 17.2 Å². The molecule has 0 spiro atoms. The second kappa shape index (κ2) is 6.54. The molecule has 2 aromatic rings. The fourth-order valence-corrected chi connectivity index (χ4v) is 3.31. The molecule has 0 aliphatic rings. The van der Waals surface area contributed by atoms with Crippen molar-refractivity contribution in [3.05, 3.63) is 46.4 Å². The van der Waals surface area contributed by atoms with Gasteiger partial charge in [0.2, 0.25) is 0 Å². The van der Waals surface area contributed by atoms with Crippen LogP contribution in [0.25, 0.3) is 0 Å². The number of hydrogen-bond donors (Lipinski definition) is 1. The zero-order chi connectivity index (χ0) is 13.8. The number of nitrogens with zero attached hydrogens (tertiary/aromatic N) is 2. The molecule has 0 amide bonds. The highest BCUT2D eigenvalue weighted by atomic mass is 79.9. The summed E-state index contributed by atoms with van der Waals surface area (Å²) in [5, 5.41) is 4.24. The Bertz CT molecular complexity index is 559. The molecule has 0 aliphatic heterocycles. The lowest BCUT2D eigenvalue weighted by atomic mass is 10.2. The van der Waals surface area contributed by atoms with Gasteiger partial charge in [-0.05, 0) is 41.1 Å². The van der Waals surface area contributed by atoms with Crippen LogP contribution < -0.4 is 5.73 Å². The van der Waals surface area contributed by atoms with Crippen LogP contribution in [0.5, 0.6) is 0 Å². The first-order valence-electron chi connectivity index (χ1n) is 5.97. The van der Waals surface area contributed by atoms with Crippen molar-refractivity contribution in [1.29, 1.82) is 0 Å². The van der Waals surface area contributed by atoms with E-state index in [9.17, 15) is 4.39 Å². The van der Waals surface area contributed by atoms with Crippen LogP contribution in [0, 0.1) is 5.82 Å². The van der Waals surface area contributed by atoms with Crippen molar-refractivity contribution in [3.8, 4) is 0 Å². The Kier molecular flexibility index (Phi) is 5.01. The molecule has 0 bridgehead atoms. The van der Waals surface area contributed by atoms with Gasteiger partial charge in [-0.25, -0.2) is 4.39 Å². The van der Waals surface area contributed by atoms with E-state index in [2.05, 4.69) is 21.0 Å². The van der Waals surface area contributed by atoms with Crippen LogP contribution in [0.15, 0.2) is 39.8 Å². The van der Waals surface area contributed by atoms with Crippen molar-refractivity contribution in [2.24, 2.45) is 5.73 Å².